The molecule has 0 aliphatic carbocycles. The van der Waals surface area contributed by atoms with E-state index in [4.69, 9.17) is 0 Å². The van der Waals surface area contributed by atoms with Crippen LogP contribution in [-0.2, 0) is 6.42 Å². The van der Waals surface area contributed by atoms with Gasteiger partial charge in [-0.05, 0) is 30.7 Å². The van der Waals surface area contributed by atoms with Gasteiger partial charge in [0.05, 0.1) is 6.10 Å². The summed E-state index contributed by atoms with van der Waals surface area (Å²) in [4.78, 5) is 11.5. The maximum absolute atomic E-state index is 11.5. The van der Waals surface area contributed by atoms with Crippen molar-refractivity contribution < 1.29 is 9.90 Å². The SMILES string of the molecule is CC(C)CC(O)CNC(=O)NCCCc1ccccc1. The maximum Gasteiger partial charge on any atom is 0.314 e. The van der Waals surface area contributed by atoms with E-state index in [-0.39, 0.29) is 6.03 Å². The van der Waals surface area contributed by atoms with Crippen LogP contribution in [0.2, 0.25) is 0 Å². The highest BCUT2D eigenvalue weighted by Crippen LogP contribution is 2.03. The van der Waals surface area contributed by atoms with Gasteiger partial charge in [0.25, 0.3) is 0 Å². The Morgan fingerprint density at radius 2 is 1.90 bits per heavy atom. The fourth-order valence-corrected chi connectivity index (χ4v) is 2.04. The Balaban J connectivity index is 2.05. The molecule has 0 aliphatic rings. The van der Waals surface area contributed by atoms with Crippen LogP contribution < -0.4 is 10.6 Å². The minimum absolute atomic E-state index is 0.208. The first-order valence-corrected chi connectivity index (χ1v) is 7.31. The summed E-state index contributed by atoms with van der Waals surface area (Å²) in [7, 11) is 0. The lowest BCUT2D eigenvalue weighted by Gasteiger charge is -2.14. The van der Waals surface area contributed by atoms with Crippen molar-refractivity contribution in [2.24, 2.45) is 5.92 Å². The van der Waals surface area contributed by atoms with Crippen LogP contribution in [0.1, 0.15) is 32.3 Å². The van der Waals surface area contributed by atoms with Gasteiger partial charge >= 0.3 is 6.03 Å². The molecule has 0 saturated heterocycles. The number of aliphatic hydroxyl groups excluding tert-OH is 1. The van der Waals surface area contributed by atoms with E-state index in [9.17, 15) is 9.90 Å². The monoisotopic (exact) mass is 278 g/mol. The summed E-state index contributed by atoms with van der Waals surface area (Å²) in [5.74, 6) is 0.431. The zero-order valence-electron chi connectivity index (χ0n) is 12.4. The van der Waals surface area contributed by atoms with E-state index in [1.807, 2.05) is 32.0 Å². The molecule has 1 aromatic rings. The molecule has 0 spiro atoms. The Morgan fingerprint density at radius 3 is 2.55 bits per heavy atom. The van der Waals surface area contributed by atoms with Crippen LogP contribution in [0.3, 0.4) is 0 Å². The van der Waals surface area contributed by atoms with E-state index in [0.29, 0.717) is 25.4 Å². The number of hydrogen-bond donors (Lipinski definition) is 3. The summed E-state index contributed by atoms with van der Waals surface area (Å²) < 4.78 is 0. The second-order valence-corrected chi connectivity index (χ2v) is 5.51. The van der Waals surface area contributed by atoms with Crippen LogP contribution in [0.5, 0.6) is 0 Å². The molecule has 112 valence electrons. The first-order chi connectivity index (χ1) is 9.58. The van der Waals surface area contributed by atoms with Crippen molar-refractivity contribution in [1.82, 2.24) is 10.6 Å². The van der Waals surface area contributed by atoms with Gasteiger partial charge in [-0.1, -0.05) is 44.2 Å². The number of carbonyl (C=O) groups is 1. The van der Waals surface area contributed by atoms with E-state index in [1.165, 1.54) is 5.56 Å². The second kappa shape index (κ2) is 9.37. The van der Waals surface area contributed by atoms with E-state index in [2.05, 4.69) is 22.8 Å². The Bertz CT molecular complexity index is 379. The predicted molar refractivity (Wildman–Crippen MR) is 81.6 cm³/mol. The minimum Gasteiger partial charge on any atom is -0.391 e. The molecule has 0 aliphatic heterocycles. The van der Waals surface area contributed by atoms with Crippen LogP contribution in [0, 0.1) is 5.92 Å². The van der Waals surface area contributed by atoms with Crippen molar-refractivity contribution in [3.8, 4) is 0 Å². The summed E-state index contributed by atoms with van der Waals surface area (Å²) in [6.07, 6.45) is 2.10. The molecule has 3 N–H and O–H groups in total. The van der Waals surface area contributed by atoms with Crippen molar-refractivity contribution in [2.75, 3.05) is 13.1 Å². The lowest BCUT2D eigenvalue weighted by atomic mass is 10.1. The van der Waals surface area contributed by atoms with Crippen molar-refractivity contribution in [3.63, 3.8) is 0 Å². The van der Waals surface area contributed by atoms with Gasteiger partial charge in [0, 0.05) is 13.1 Å². The fraction of sp³-hybridized carbons (Fsp3) is 0.562. The molecular formula is C16H26N2O2. The average molecular weight is 278 g/mol. The van der Waals surface area contributed by atoms with Crippen molar-refractivity contribution in [2.45, 2.75) is 39.2 Å². The number of aliphatic hydroxyl groups is 1. The lowest BCUT2D eigenvalue weighted by Crippen LogP contribution is -2.40. The minimum atomic E-state index is -0.468. The van der Waals surface area contributed by atoms with E-state index in [1.54, 1.807) is 0 Å². The van der Waals surface area contributed by atoms with Crippen molar-refractivity contribution in [3.05, 3.63) is 35.9 Å². The number of urea groups is 1. The first-order valence-electron chi connectivity index (χ1n) is 7.31. The predicted octanol–water partition coefficient (Wildman–Crippen LogP) is 2.33. The highest BCUT2D eigenvalue weighted by atomic mass is 16.3. The van der Waals surface area contributed by atoms with Gasteiger partial charge in [-0.3, -0.25) is 0 Å². The first kappa shape index (κ1) is 16.5. The Labute approximate surface area is 121 Å². The average Bonchev–Trinajstić information content (AvgIpc) is 2.42. The number of aryl methyl sites for hydroxylation is 1. The Morgan fingerprint density at radius 1 is 1.20 bits per heavy atom. The molecule has 1 aromatic carbocycles. The fourth-order valence-electron chi connectivity index (χ4n) is 2.04. The molecule has 0 bridgehead atoms. The second-order valence-electron chi connectivity index (χ2n) is 5.51. The molecule has 1 unspecified atom stereocenters. The number of amides is 2. The largest absolute Gasteiger partial charge is 0.391 e. The standard InChI is InChI=1S/C16H26N2O2/c1-13(2)11-15(19)12-18-16(20)17-10-6-9-14-7-4-3-5-8-14/h3-5,7-8,13,15,19H,6,9-12H2,1-2H3,(H2,17,18,20). The van der Waals surface area contributed by atoms with Crippen LogP contribution >= 0.6 is 0 Å². The van der Waals surface area contributed by atoms with E-state index >= 15 is 0 Å². The van der Waals surface area contributed by atoms with Crippen LogP contribution in [-0.4, -0.2) is 30.3 Å². The van der Waals surface area contributed by atoms with Gasteiger partial charge < -0.3 is 15.7 Å². The van der Waals surface area contributed by atoms with Crippen LogP contribution in [0.15, 0.2) is 30.3 Å². The molecule has 0 fully saturated rings. The van der Waals surface area contributed by atoms with Crippen LogP contribution in [0.25, 0.3) is 0 Å². The summed E-state index contributed by atoms with van der Waals surface area (Å²) in [6.45, 7) is 5.05. The molecule has 0 saturated carbocycles. The molecule has 4 nitrogen and oxygen atoms in total. The normalized spacial score (nSPS) is 12.2. The Hall–Kier alpha value is -1.55. The lowest BCUT2D eigenvalue weighted by molar-refractivity contribution is 0.147. The number of rotatable bonds is 8. The molecule has 2 amide bonds. The van der Waals surface area contributed by atoms with Gasteiger partial charge in [-0.25, -0.2) is 4.79 Å². The van der Waals surface area contributed by atoms with Crippen molar-refractivity contribution in [1.29, 1.82) is 0 Å². The van der Waals surface area contributed by atoms with Gasteiger partial charge in [-0.15, -0.1) is 0 Å². The number of carbonyl (C=O) groups excluding carboxylic acids is 1. The molecule has 0 heterocycles. The number of benzene rings is 1. The molecule has 1 rings (SSSR count). The van der Waals surface area contributed by atoms with Gasteiger partial charge in [0.1, 0.15) is 0 Å². The van der Waals surface area contributed by atoms with E-state index < -0.39 is 6.10 Å². The molecule has 0 radical (unpaired) electrons. The van der Waals surface area contributed by atoms with Crippen molar-refractivity contribution >= 4 is 6.03 Å². The topological polar surface area (TPSA) is 61.4 Å². The third-order valence-corrected chi connectivity index (χ3v) is 3.01. The van der Waals surface area contributed by atoms with Gasteiger partial charge in [0.15, 0.2) is 0 Å². The molecule has 1 atom stereocenters. The zero-order valence-corrected chi connectivity index (χ0v) is 12.4. The highest BCUT2D eigenvalue weighted by molar-refractivity contribution is 5.73. The third kappa shape index (κ3) is 7.79. The quantitative estimate of drug-likeness (QED) is 0.639. The molecular weight excluding hydrogens is 252 g/mol. The number of hydrogen-bond acceptors (Lipinski definition) is 2. The summed E-state index contributed by atoms with van der Waals surface area (Å²) in [5.41, 5.74) is 1.28. The van der Waals surface area contributed by atoms with E-state index in [0.717, 1.165) is 12.8 Å². The molecule has 20 heavy (non-hydrogen) atoms. The molecule has 0 aromatic heterocycles. The highest BCUT2D eigenvalue weighted by Gasteiger charge is 2.08. The molecule has 4 heteroatoms. The summed E-state index contributed by atoms with van der Waals surface area (Å²) in [6, 6.07) is 10.0. The summed E-state index contributed by atoms with van der Waals surface area (Å²) >= 11 is 0. The third-order valence-electron chi connectivity index (χ3n) is 3.01. The van der Waals surface area contributed by atoms with Gasteiger partial charge in [-0.2, -0.15) is 0 Å². The van der Waals surface area contributed by atoms with Gasteiger partial charge in [0.2, 0.25) is 0 Å². The smallest absolute Gasteiger partial charge is 0.314 e. The zero-order chi connectivity index (χ0) is 14.8. The Kier molecular flexibility index (Phi) is 7.73. The number of nitrogens with one attached hydrogen (secondary N) is 2. The van der Waals surface area contributed by atoms with Crippen LogP contribution in [0.4, 0.5) is 4.79 Å². The summed E-state index contributed by atoms with van der Waals surface area (Å²) in [5, 5.41) is 15.1. The maximum atomic E-state index is 11.5.